The van der Waals surface area contributed by atoms with Gasteiger partial charge in [0, 0.05) is 43.3 Å². The van der Waals surface area contributed by atoms with Crippen LogP contribution in [0.1, 0.15) is 11.3 Å². The first kappa shape index (κ1) is 19.2. The van der Waals surface area contributed by atoms with Crippen molar-refractivity contribution in [1.29, 1.82) is 0 Å². The van der Waals surface area contributed by atoms with E-state index in [1.54, 1.807) is 34.1 Å². The van der Waals surface area contributed by atoms with Gasteiger partial charge in [0.15, 0.2) is 0 Å². The molecule has 1 amide bonds. The van der Waals surface area contributed by atoms with Crippen LogP contribution >= 0.6 is 11.6 Å². The second-order valence-electron chi connectivity index (χ2n) is 5.93. The predicted octanol–water partition coefficient (Wildman–Crippen LogP) is 3.51. The van der Waals surface area contributed by atoms with Crippen LogP contribution in [0.4, 0.5) is 19.0 Å². The molecule has 9 heteroatoms. The summed E-state index contributed by atoms with van der Waals surface area (Å²) in [6.45, 7) is 1.55. The minimum Gasteiger partial charge on any atom is -0.353 e. The molecule has 2 heterocycles. The fourth-order valence-electron chi connectivity index (χ4n) is 2.71. The van der Waals surface area contributed by atoms with Gasteiger partial charge >= 0.3 is 6.18 Å². The molecule has 1 aliphatic heterocycles. The molecule has 1 aromatic carbocycles. The highest BCUT2D eigenvalue weighted by atomic mass is 35.5. The Morgan fingerprint density at radius 1 is 1.11 bits per heavy atom. The van der Waals surface area contributed by atoms with Crippen molar-refractivity contribution < 1.29 is 18.0 Å². The predicted molar refractivity (Wildman–Crippen MR) is 96.3 cm³/mol. The molecule has 0 atom stereocenters. The average Bonchev–Trinajstić information content (AvgIpc) is 2.67. The number of nitrogens with zero attached hydrogens (tertiary/aromatic N) is 4. The van der Waals surface area contributed by atoms with Crippen molar-refractivity contribution >= 4 is 29.4 Å². The van der Waals surface area contributed by atoms with Crippen LogP contribution in [0.15, 0.2) is 42.7 Å². The molecule has 0 radical (unpaired) electrons. The zero-order valence-electron chi connectivity index (χ0n) is 14.2. The Morgan fingerprint density at radius 3 is 2.48 bits per heavy atom. The zero-order valence-corrected chi connectivity index (χ0v) is 14.9. The molecule has 142 valence electrons. The third-order valence-corrected chi connectivity index (χ3v) is 4.51. The highest BCUT2D eigenvalue weighted by molar-refractivity contribution is 6.32. The number of benzene rings is 1. The molecule has 1 fully saturated rings. The van der Waals surface area contributed by atoms with Gasteiger partial charge in [0.25, 0.3) is 0 Å². The molecule has 0 bridgehead atoms. The number of piperazine rings is 1. The van der Waals surface area contributed by atoms with E-state index in [4.69, 9.17) is 11.6 Å². The number of halogens is 4. The number of hydrogen-bond acceptors (Lipinski definition) is 4. The summed E-state index contributed by atoms with van der Waals surface area (Å²) >= 11 is 6.05. The minimum atomic E-state index is -4.51. The van der Waals surface area contributed by atoms with Gasteiger partial charge in [0.1, 0.15) is 17.8 Å². The van der Waals surface area contributed by atoms with Crippen molar-refractivity contribution in [1.82, 2.24) is 14.9 Å². The number of carbonyl (C=O) groups is 1. The highest BCUT2D eigenvalue weighted by Crippen LogP contribution is 2.29. The van der Waals surface area contributed by atoms with E-state index in [0.717, 1.165) is 18.0 Å². The molecule has 0 unspecified atom stereocenters. The molecule has 27 heavy (non-hydrogen) atoms. The van der Waals surface area contributed by atoms with Crippen molar-refractivity contribution in [2.24, 2.45) is 0 Å². The summed E-state index contributed by atoms with van der Waals surface area (Å²) in [5.74, 6) is 0.0317. The van der Waals surface area contributed by atoms with E-state index in [2.05, 4.69) is 9.97 Å². The summed E-state index contributed by atoms with van der Waals surface area (Å²) in [4.78, 5) is 22.8. The van der Waals surface area contributed by atoms with Gasteiger partial charge in [-0.2, -0.15) is 13.2 Å². The highest BCUT2D eigenvalue weighted by Gasteiger charge is 2.33. The second kappa shape index (κ2) is 7.96. The number of alkyl halides is 3. The molecule has 1 aliphatic rings. The Kier molecular flexibility index (Phi) is 5.65. The molecule has 1 saturated heterocycles. The number of carbonyl (C=O) groups excluding carboxylic acids is 1. The topological polar surface area (TPSA) is 49.3 Å². The fraction of sp³-hybridized carbons (Fsp3) is 0.278. The Hall–Kier alpha value is -2.61. The number of aromatic nitrogens is 2. The van der Waals surface area contributed by atoms with Gasteiger partial charge < -0.3 is 9.80 Å². The summed E-state index contributed by atoms with van der Waals surface area (Å²) in [7, 11) is 0. The third-order valence-electron chi connectivity index (χ3n) is 4.17. The van der Waals surface area contributed by atoms with Gasteiger partial charge in [-0.3, -0.25) is 4.79 Å². The van der Waals surface area contributed by atoms with Crippen LogP contribution in [0, 0.1) is 0 Å². The Balaban J connectivity index is 1.60. The number of anilines is 1. The van der Waals surface area contributed by atoms with E-state index in [1.807, 2.05) is 6.07 Å². The van der Waals surface area contributed by atoms with Gasteiger partial charge in [-0.15, -0.1) is 0 Å². The van der Waals surface area contributed by atoms with Crippen LogP contribution in [-0.4, -0.2) is 47.0 Å². The van der Waals surface area contributed by atoms with Gasteiger partial charge in [0.05, 0.1) is 0 Å². The molecular formula is C18H16ClF3N4O. The van der Waals surface area contributed by atoms with Crippen molar-refractivity contribution in [2.45, 2.75) is 6.18 Å². The second-order valence-corrected chi connectivity index (χ2v) is 6.33. The van der Waals surface area contributed by atoms with E-state index in [0.29, 0.717) is 31.2 Å². The minimum absolute atomic E-state index is 0.173. The van der Waals surface area contributed by atoms with Crippen molar-refractivity contribution in [2.75, 3.05) is 31.1 Å². The molecule has 0 saturated carbocycles. The molecule has 3 rings (SSSR count). The van der Waals surface area contributed by atoms with Gasteiger partial charge in [-0.05, 0) is 17.7 Å². The number of hydrogen-bond donors (Lipinski definition) is 0. The lowest BCUT2D eigenvalue weighted by molar-refractivity contribution is -0.141. The van der Waals surface area contributed by atoms with E-state index in [1.165, 1.54) is 6.08 Å². The first-order valence-electron chi connectivity index (χ1n) is 8.20. The average molecular weight is 397 g/mol. The molecule has 0 N–H and O–H groups in total. The van der Waals surface area contributed by atoms with E-state index in [-0.39, 0.29) is 11.7 Å². The first-order valence-corrected chi connectivity index (χ1v) is 8.58. The van der Waals surface area contributed by atoms with Crippen molar-refractivity contribution in [3.05, 3.63) is 59.0 Å². The van der Waals surface area contributed by atoms with Crippen LogP contribution in [0.3, 0.4) is 0 Å². The standard InChI is InChI=1S/C18H16ClF3N4O/c19-14-4-2-1-3-13(14)5-6-17(27)26-9-7-25(8-10-26)16-11-15(18(20,21)22)23-12-24-16/h1-6,11-12H,7-10H2/b6-5+. The maximum absolute atomic E-state index is 12.8. The zero-order chi connectivity index (χ0) is 19.4. The smallest absolute Gasteiger partial charge is 0.353 e. The van der Waals surface area contributed by atoms with Crippen LogP contribution in [0.25, 0.3) is 6.08 Å². The summed E-state index contributed by atoms with van der Waals surface area (Å²) in [6, 6.07) is 8.09. The molecule has 5 nitrogen and oxygen atoms in total. The quantitative estimate of drug-likeness (QED) is 0.745. The summed E-state index contributed by atoms with van der Waals surface area (Å²) < 4.78 is 38.3. The number of rotatable bonds is 3. The van der Waals surface area contributed by atoms with Gasteiger partial charge in [-0.1, -0.05) is 29.8 Å². The largest absolute Gasteiger partial charge is 0.433 e. The SMILES string of the molecule is O=C(/C=C/c1ccccc1Cl)N1CCN(c2cc(C(F)(F)F)ncn2)CC1. The van der Waals surface area contributed by atoms with Gasteiger partial charge in [0.2, 0.25) is 5.91 Å². The fourth-order valence-corrected chi connectivity index (χ4v) is 2.91. The molecule has 0 spiro atoms. The van der Waals surface area contributed by atoms with Crippen LogP contribution in [0.2, 0.25) is 5.02 Å². The summed E-state index contributed by atoms with van der Waals surface area (Å²) in [5, 5.41) is 0.551. The van der Waals surface area contributed by atoms with E-state index < -0.39 is 11.9 Å². The van der Waals surface area contributed by atoms with Crippen molar-refractivity contribution in [3.63, 3.8) is 0 Å². The normalized spacial score (nSPS) is 15.4. The van der Waals surface area contributed by atoms with E-state index in [9.17, 15) is 18.0 Å². The maximum atomic E-state index is 12.8. The summed E-state index contributed by atoms with van der Waals surface area (Å²) in [5.41, 5.74) is -0.236. The molecule has 1 aromatic heterocycles. The molecule has 0 aliphatic carbocycles. The lowest BCUT2D eigenvalue weighted by Gasteiger charge is -2.35. The van der Waals surface area contributed by atoms with Crippen LogP contribution < -0.4 is 4.90 Å². The maximum Gasteiger partial charge on any atom is 0.433 e. The van der Waals surface area contributed by atoms with Gasteiger partial charge in [-0.25, -0.2) is 9.97 Å². The molecule has 2 aromatic rings. The molecular weight excluding hydrogens is 381 g/mol. The monoisotopic (exact) mass is 396 g/mol. The summed E-state index contributed by atoms with van der Waals surface area (Å²) in [6.07, 6.45) is -0.513. The first-order chi connectivity index (χ1) is 12.8. The van der Waals surface area contributed by atoms with Crippen LogP contribution in [-0.2, 0) is 11.0 Å². The van der Waals surface area contributed by atoms with Crippen LogP contribution in [0.5, 0.6) is 0 Å². The van der Waals surface area contributed by atoms with Crippen molar-refractivity contribution in [3.8, 4) is 0 Å². The third kappa shape index (κ3) is 4.77. The number of amides is 1. The Labute approximate surface area is 159 Å². The lowest BCUT2D eigenvalue weighted by atomic mass is 10.2. The Morgan fingerprint density at radius 2 is 1.81 bits per heavy atom. The Bertz CT molecular complexity index is 848. The van der Waals surface area contributed by atoms with E-state index >= 15 is 0 Å². The lowest BCUT2D eigenvalue weighted by Crippen LogP contribution is -2.48.